The van der Waals surface area contributed by atoms with Crippen LogP contribution in [-0.2, 0) is 0 Å². The highest BCUT2D eigenvalue weighted by Gasteiger charge is 2.07. The number of carbonyl (C=O) groups is 1. The number of nitrogens with zero attached hydrogens (tertiary/aromatic N) is 1. The summed E-state index contributed by atoms with van der Waals surface area (Å²) in [6, 6.07) is 10.3. The van der Waals surface area contributed by atoms with Crippen molar-refractivity contribution in [3.05, 3.63) is 53.3 Å². The second kappa shape index (κ2) is 4.68. The van der Waals surface area contributed by atoms with Gasteiger partial charge in [-0.3, -0.25) is 4.79 Å². The van der Waals surface area contributed by atoms with Crippen molar-refractivity contribution in [1.82, 2.24) is 0 Å². The van der Waals surface area contributed by atoms with E-state index in [1.807, 2.05) is 0 Å². The average Bonchev–Trinajstić information content (AvgIpc) is 2.40. The Bertz CT molecular complexity index is 659. The molecule has 0 aromatic heterocycles. The van der Waals surface area contributed by atoms with E-state index in [0.717, 1.165) is 0 Å². The predicted molar refractivity (Wildman–Crippen MR) is 63.6 cm³/mol. The summed E-state index contributed by atoms with van der Waals surface area (Å²) in [6.07, 6.45) is 0.535. The van der Waals surface area contributed by atoms with E-state index in [4.69, 9.17) is 5.26 Å². The summed E-state index contributed by atoms with van der Waals surface area (Å²) in [5, 5.41) is 18.1. The number of rotatable bonds is 2. The maximum atomic E-state index is 13.2. The van der Waals surface area contributed by atoms with Crippen LogP contribution in [-0.4, -0.2) is 11.4 Å². The zero-order valence-electron chi connectivity index (χ0n) is 9.22. The molecular formula is C14H8FNO2. The molecule has 0 aliphatic rings. The molecule has 0 spiro atoms. The average molecular weight is 241 g/mol. The molecule has 0 saturated carbocycles. The van der Waals surface area contributed by atoms with Crippen LogP contribution in [0.1, 0.15) is 15.9 Å². The molecule has 4 heteroatoms. The third-order valence-electron chi connectivity index (χ3n) is 2.57. The summed E-state index contributed by atoms with van der Waals surface area (Å²) in [5.74, 6) is -0.702. The lowest BCUT2D eigenvalue weighted by Gasteiger charge is -2.05. The number of phenolic OH excluding ortho intramolecular Hbond substituents is 1. The highest BCUT2D eigenvalue weighted by atomic mass is 19.1. The molecule has 2 rings (SSSR count). The fourth-order valence-corrected chi connectivity index (χ4v) is 1.62. The van der Waals surface area contributed by atoms with Gasteiger partial charge in [0.25, 0.3) is 0 Å². The number of hydrogen-bond acceptors (Lipinski definition) is 3. The van der Waals surface area contributed by atoms with Gasteiger partial charge in [0.1, 0.15) is 17.6 Å². The van der Waals surface area contributed by atoms with E-state index < -0.39 is 5.82 Å². The number of carbonyl (C=O) groups excluding carboxylic acids is 1. The fourth-order valence-electron chi connectivity index (χ4n) is 1.62. The van der Waals surface area contributed by atoms with Crippen LogP contribution in [0.25, 0.3) is 11.1 Å². The van der Waals surface area contributed by atoms with Crippen LogP contribution in [0, 0.1) is 17.1 Å². The lowest BCUT2D eigenvalue weighted by molar-refractivity contribution is 0.112. The summed E-state index contributed by atoms with van der Waals surface area (Å²) in [7, 11) is 0. The minimum absolute atomic E-state index is 0.0618. The largest absolute Gasteiger partial charge is 0.507 e. The molecule has 0 aliphatic heterocycles. The molecule has 0 radical (unpaired) electrons. The van der Waals surface area contributed by atoms with Crippen molar-refractivity contribution in [3.63, 3.8) is 0 Å². The molecular weight excluding hydrogens is 233 g/mol. The first-order valence-corrected chi connectivity index (χ1v) is 5.14. The highest BCUT2D eigenvalue weighted by Crippen LogP contribution is 2.26. The minimum atomic E-state index is -0.587. The van der Waals surface area contributed by atoms with Gasteiger partial charge < -0.3 is 5.11 Å². The van der Waals surface area contributed by atoms with E-state index >= 15 is 0 Å². The molecule has 0 saturated heterocycles. The summed E-state index contributed by atoms with van der Waals surface area (Å²) in [4.78, 5) is 10.7. The van der Waals surface area contributed by atoms with Crippen LogP contribution in [0.3, 0.4) is 0 Å². The van der Waals surface area contributed by atoms with Gasteiger partial charge in [-0.05, 0) is 35.4 Å². The van der Waals surface area contributed by atoms with Crippen molar-refractivity contribution >= 4 is 6.29 Å². The molecule has 0 unspecified atom stereocenters. The Morgan fingerprint density at radius 2 is 1.83 bits per heavy atom. The van der Waals surface area contributed by atoms with E-state index in [1.54, 1.807) is 12.1 Å². The standard InChI is InChI=1S/C14H8FNO2/c15-13-3-1-9(5-11(13)7-16)10-2-4-14(18)12(6-10)8-17/h1-6,8,18H. The number of aldehydes is 1. The van der Waals surface area contributed by atoms with E-state index in [2.05, 4.69) is 0 Å². The molecule has 2 aromatic rings. The van der Waals surface area contributed by atoms with E-state index in [-0.39, 0.29) is 16.9 Å². The molecule has 1 N–H and O–H groups in total. The third-order valence-corrected chi connectivity index (χ3v) is 2.57. The highest BCUT2D eigenvalue weighted by molar-refractivity contribution is 5.82. The number of hydrogen-bond donors (Lipinski definition) is 1. The van der Waals surface area contributed by atoms with Crippen molar-refractivity contribution < 1.29 is 14.3 Å². The quantitative estimate of drug-likeness (QED) is 0.822. The van der Waals surface area contributed by atoms with Gasteiger partial charge in [-0.2, -0.15) is 5.26 Å². The first-order chi connectivity index (χ1) is 8.65. The Morgan fingerprint density at radius 1 is 1.17 bits per heavy atom. The Kier molecular flexibility index (Phi) is 3.07. The first-order valence-electron chi connectivity index (χ1n) is 5.14. The number of phenols is 1. The molecule has 88 valence electrons. The van der Waals surface area contributed by atoms with Crippen LogP contribution in [0.15, 0.2) is 36.4 Å². The van der Waals surface area contributed by atoms with Crippen LogP contribution >= 0.6 is 0 Å². The van der Waals surface area contributed by atoms with E-state index in [9.17, 15) is 14.3 Å². The molecule has 2 aromatic carbocycles. The molecule has 0 fully saturated rings. The normalized spacial score (nSPS) is 9.78. The van der Waals surface area contributed by atoms with Crippen molar-refractivity contribution in [2.24, 2.45) is 0 Å². The molecule has 0 heterocycles. The Hall–Kier alpha value is -2.67. The summed E-state index contributed by atoms with van der Waals surface area (Å²) < 4.78 is 13.2. The summed E-state index contributed by atoms with van der Waals surface area (Å²) in [5.41, 5.74) is 1.33. The molecule has 0 aliphatic carbocycles. The number of halogens is 1. The monoisotopic (exact) mass is 241 g/mol. The Morgan fingerprint density at radius 3 is 2.50 bits per heavy atom. The number of nitriles is 1. The molecule has 0 amide bonds. The summed E-state index contributed by atoms with van der Waals surface area (Å²) >= 11 is 0. The Labute approximate surface area is 103 Å². The van der Waals surface area contributed by atoms with Gasteiger partial charge in [0, 0.05) is 0 Å². The van der Waals surface area contributed by atoms with Crippen LogP contribution in [0.4, 0.5) is 4.39 Å². The van der Waals surface area contributed by atoms with E-state index in [1.165, 1.54) is 30.3 Å². The van der Waals surface area contributed by atoms with Gasteiger partial charge in [-0.1, -0.05) is 12.1 Å². The molecule has 0 atom stereocenters. The fraction of sp³-hybridized carbons (Fsp3) is 0. The topological polar surface area (TPSA) is 61.1 Å². The van der Waals surface area contributed by atoms with Gasteiger partial charge in [0.15, 0.2) is 6.29 Å². The van der Waals surface area contributed by atoms with E-state index in [0.29, 0.717) is 17.4 Å². The number of aromatic hydroxyl groups is 1. The van der Waals surface area contributed by atoms with Crippen LogP contribution in [0.2, 0.25) is 0 Å². The zero-order valence-corrected chi connectivity index (χ0v) is 9.22. The van der Waals surface area contributed by atoms with Gasteiger partial charge in [-0.15, -0.1) is 0 Å². The Balaban J connectivity index is 2.56. The van der Waals surface area contributed by atoms with Gasteiger partial charge in [0.2, 0.25) is 0 Å². The first kappa shape index (κ1) is 11.8. The third kappa shape index (κ3) is 2.06. The number of benzene rings is 2. The smallest absolute Gasteiger partial charge is 0.153 e. The van der Waals surface area contributed by atoms with Crippen LogP contribution < -0.4 is 0 Å². The van der Waals surface area contributed by atoms with Crippen molar-refractivity contribution in [2.45, 2.75) is 0 Å². The van der Waals surface area contributed by atoms with Crippen molar-refractivity contribution in [3.8, 4) is 22.9 Å². The van der Waals surface area contributed by atoms with Crippen molar-refractivity contribution in [1.29, 1.82) is 5.26 Å². The summed E-state index contributed by atoms with van der Waals surface area (Å²) in [6.45, 7) is 0. The SMILES string of the molecule is N#Cc1cc(-c2ccc(O)c(C=O)c2)ccc1F. The lowest BCUT2D eigenvalue weighted by atomic mass is 10.0. The lowest BCUT2D eigenvalue weighted by Crippen LogP contribution is -1.87. The molecule has 3 nitrogen and oxygen atoms in total. The van der Waals surface area contributed by atoms with Crippen LogP contribution in [0.5, 0.6) is 5.75 Å². The van der Waals surface area contributed by atoms with Gasteiger partial charge in [-0.25, -0.2) is 4.39 Å². The maximum absolute atomic E-state index is 13.2. The molecule has 18 heavy (non-hydrogen) atoms. The second-order valence-electron chi connectivity index (χ2n) is 3.70. The van der Waals surface area contributed by atoms with Crippen molar-refractivity contribution in [2.75, 3.05) is 0 Å². The molecule has 0 bridgehead atoms. The van der Waals surface area contributed by atoms with Gasteiger partial charge >= 0.3 is 0 Å². The minimum Gasteiger partial charge on any atom is -0.507 e. The zero-order chi connectivity index (χ0) is 13.1. The predicted octanol–water partition coefficient (Wildman–Crippen LogP) is 2.88. The van der Waals surface area contributed by atoms with Gasteiger partial charge in [0.05, 0.1) is 11.1 Å². The maximum Gasteiger partial charge on any atom is 0.153 e. The second-order valence-corrected chi connectivity index (χ2v) is 3.70.